The first kappa shape index (κ1) is 16.6. The maximum atomic E-state index is 10.8. The second-order valence-corrected chi connectivity index (χ2v) is 7.60. The number of benzene rings is 2. The number of ether oxygens (including phenoxy) is 2. The number of epoxide rings is 2. The van der Waals surface area contributed by atoms with Crippen LogP contribution in [0.2, 0.25) is 0 Å². The molecule has 2 fully saturated rings. The van der Waals surface area contributed by atoms with E-state index in [1.165, 1.54) is 27.8 Å². The van der Waals surface area contributed by atoms with E-state index in [1.54, 1.807) is 0 Å². The molecule has 4 rings (SSSR count). The molecule has 2 aliphatic rings. The highest BCUT2D eigenvalue weighted by molar-refractivity contribution is 5.75. The summed E-state index contributed by atoms with van der Waals surface area (Å²) in [5, 5.41) is 10.8. The lowest BCUT2D eigenvalue weighted by atomic mass is 9.89. The Morgan fingerprint density at radius 2 is 1.32 bits per heavy atom. The summed E-state index contributed by atoms with van der Waals surface area (Å²) in [5.41, 5.74) is 9.37. The highest BCUT2D eigenvalue weighted by atomic mass is 16.6. The number of phenolic OH excluding ortho intramolecular Hbond substituents is 1. The predicted octanol–water partition coefficient (Wildman–Crippen LogP) is 4.18. The topological polar surface area (TPSA) is 45.3 Å². The zero-order valence-electron chi connectivity index (χ0n) is 15.5. The summed E-state index contributed by atoms with van der Waals surface area (Å²) in [6.07, 6.45) is 2.60. The lowest BCUT2D eigenvalue weighted by molar-refractivity contribution is 0.406. The first-order valence-electron chi connectivity index (χ1n) is 9.09. The summed E-state index contributed by atoms with van der Waals surface area (Å²) in [5.74, 6) is 0.401. The molecule has 0 bridgehead atoms. The van der Waals surface area contributed by atoms with Gasteiger partial charge in [0.2, 0.25) is 0 Å². The monoisotopic (exact) mass is 338 g/mol. The van der Waals surface area contributed by atoms with Gasteiger partial charge in [0.05, 0.1) is 25.4 Å². The average Bonchev–Trinajstić information content (AvgIpc) is 3.46. The van der Waals surface area contributed by atoms with Crippen molar-refractivity contribution in [3.63, 3.8) is 0 Å². The van der Waals surface area contributed by atoms with E-state index in [-0.39, 0.29) is 0 Å². The maximum Gasteiger partial charge on any atom is 0.126 e. The van der Waals surface area contributed by atoms with Crippen molar-refractivity contribution in [2.45, 2.75) is 52.7 Å². The van der Waals surface area contributed by atoms with Crippen molar-refractivity contribution in [1.29, 1.82) is 0 Å². The van der Waals surface area contributed by atoms with Gasteiger partial charge in [-0.2, -0.15) is 0 Å². The van der Waals surface area contributed by atoms with Gasteiger partial charge in [0.25, 0.3) is 0 Å². The van der Waals surface area contributed by atoms with Crippen LogP contribution in [0.15, 0.2) is 18.2 Å². The van der Waals surface area contributed by atoms with E-state index in [9.17, 15) is 5.11 Å². The van der Waals surface area contributed by atoms with Crippen molar-refractivity contribution in [2.24, 2.45) is 0 Å². The Kier molecular flexibility index (Phi) is 4.09. The quantitative estimate of drug-likeness (QED) is 0.832. The fourth-order valence-corrected chi connectivity index (χ4v) is 3.84. The molecule has 2 aliphatic heterocycles. The molecule has 3 nitrogen and oxygen atoms in total. The Morgan fingerprint density at radius 1 is 0.840 bits per heavy atom. The van der Waals surface area contributed by atoms with Gasteiger partial charge in [0.15, 0.2) is 0 Å². The van der Waals surface area contributed by atoms with Crippen LogP contribution in [0.25, 0.3) is 11.1 Å². The van der Waals surface area contributed by atoms with Crippen LogP contribution in [0.3, 0.4) is 0 Å². The van der Waals surface area contributed by atoms with Gasteiger partial charge in [-0.1, -0.05) is 12.1 Å². The molecule has 0 saturated carbocycles. The lowest BCUT2D eigenvalue weighted by Crippen LogP contribution is -2.02. The summed E-state index contributed by atoms with van der Waals surface area (Å²) >= 11 is 0. The van der Waals surface area contributed by atoms with Crippen LogP contribution in [-0.2, 0) is 22.3 Å². The van der Waals surface area contributed by atoms with E-state index in [4.69, 9.17) is 9.47 Å². The molecule has 2 unspecified atom stereocenters. The van der Waals surface area contributed by atoms with Gasteiger partial charge in [0, 0.05) is 18.4 Å². The van der Waals surface area contributed by atoms with Crippen molar-refractivity contribution in [1.82, 2.24) is 0 Å². The average molecular weight is 338 g/mol. The number of rotatable bonds is 5. The third-order valence-electron chi connectivity index (χ3n) is 5.58. The zero-order valence-corrected chi connectivity index (χ0v) is 15.5. The highest BCUT2D eigenvalue weighted by Gasteiger charge is 2.26. The van der Waals surface area contributed by atoms with Crippen LogP contribution >= 0.6 is 0 Å². The Labute approximate surface area is 149 Å². The van der Waals surface area contributed by atoms with E-state index < -0.39 is 0 Å². The van der Waals surface area contributed by atoms with Crippen molar-refractivity contribution in [2.75, 3.05) is 13.2 Å². The SMILES string of the molecule is Cc1cc(-c2cc(C)c(CC3CO3)c(C)c2O)cc(C)c1CC1CO1. The van der Waals surface area contributed by atoms with Crippen molar-refractivity contribution >= 4 is 0 Å². The van der Waals surface area contributed by atoms with Crippen LogP contribution in [0.1, 0.15) is 33.4 Å². The first-order valence-corrected chi connectivity index (χ1v) is 9.09. The molecule has 0 aromatic heterocycles. The molecule has 2 aromatic rings. The van der Waals surface area contributed by atoms with Gasteiger partial charge in [0.1, 0.15) is 5.75 Å². The predicted molar refractivity (Wildman–Crippen MR) is 99.4 cm³/mol. The molecular weight excluding hydrogens is 312 g/mol. The number of hydrogen-bond donors (Lipinski definition) is 1. The highest BCUT2D eigenvalue weighted by Crippen LogP contribution is 2.38. The Balaban J connectivity index is 1.73. The Bertz CT molecular complexity index is 807. The van der Waals surface area contributed by atoms with Crippen molar-refractivity contribution in [3.8, 4) is 16.9 Å². The van der Waals surface area contributed by atoms with Crippen LogP contribution in [-0.4, -0.2) is 30.5 Å². The molecule has 1 N–H and O–H groups in total. The Hall–Kier alpha value is -1.84. The van der Waals surface area contributed by atoms with Gasteiger partial charge < -0.3 is 14.6 Å². The molecule has 2 saturated heterocycles. The van der Waals surface area contributed by atoms with Crippen molar-refractivity contribution in [3.05, 3.63) is 51.6 Å². The van der Waals surface area contributed by atoms with Gasteiger partial charge >= 0.3 is 0 Å². The lowest BCUT2D eigenvalue weighted by Gasteiger charge is -2.17. The van der Waals surface area contributed by atoms with E-state index in [0.29, 0.717) is 18.0 Å². The fourth-order valence-electron chi connectivity index (χ4n) is 3.84. The van der Waals surface area contributed by atoms with E-state index in [1.807, 2.05) is 6.92 Å². The maximum absolute atomic E-state index is 10.8. The Morgan fingerprint density at radius 3 is 1.84 bits per heavy atom. The minimum absolute atomic E-state index is 0.330. The van der Waals surface area contributed by atoms with Crippen LogP contribution in [0, 0.1) is 27.7 Å². The molecule has 0 radical (unpaired) electrons. The summed E-state index contributed by atoms with van der Waals surface area (Å²) in [6, 6.07) is 6.52. The van der Waals surface area contributed by atoms with E-state index in [0.717, 1.165) is 42.7 Å². The summed E-state index contributed by atoms with van der Waals surface area (Å²) < 4.78 is 10.8. The number of phenols is 1. The number of aromatic hydroxyl groups is 1. The van der Waals surface area contributed by atoms with E-state index in [2.05, 4.69) is 39.0 Å². The molecule has 2 atom stereocenters. The first-order chi connectivity index (χ1) is 11.9. The van der Waals surface area contributed by atoms with Gasteiger partial charge in [-0.25, -0.2) is 0 Å². The fraction of sp³-hybridized carbons (Fsp3) is 0.455. The largest absolute Gasteiger partial charge is 0.507 e. The van der Waals surface area contributed by atoms with Crippen LogP contribution in [0.5, 0.6) is 5.75 Å². The van der Waals surface area contributed by atoms with Gasteiger partial charge in [-0.3, -0.25) is 0 Å². The molecule has 25 heavy (non-hydrogen) atoms. The minimum atomic E-state index is 0.330. The second-order valence-electron chi connectivity index (χ2n) is 7.60. The van der Waals surface area contributed by atoms with Gasteiger partial charge in [-0.15, -0.1) is 0 Å². The molecule has 0 spiro atoms. The molecule has 132 valence electrons. The molecule has 0 aliphatic carbocycles. The third kappa shape index (κ3) is 3.31. The third-order valence-corrected chi connectivity index (χ3v) is 5.58. The summed E-state index contributed by atoms with van der Waals surface area (Å²) in [7, 11) is 0. The molecule has 2 heterocycles. The zero-order chi connectivity index (χ0) is 17.7. The normalized spacial score (nSPS) is 21.4. The molecular formula is C22H26O3. The van der Waals surface area contributed by atoms with Crippen molar-refractivity contribution < 1.29 is 14.6 Å². The smallest absolute Gasteiger partial charge is 0.126 e. The molecule has 0 amide bonds. The standard InChI is InChI=1S/C22H26O3/c1-12-5-16(6-13(2)19(12)8-17-10-24-17)21-7-14(3)20(9-18-11-25-18)15(4)22(21)23/h5-7,17-18,23H,8-11H2,1-4H3. The number of aryl methyl sites for hydroxylation is 3. The van der Waals surface area contributed by atoms with E-state index >= 15 is 0 Å². The van der Waals surface area contributed by atoms with Gasteiger partial charge in [-0.05, 0) is 72.7 Å². The summed E-state index contributed by atoms with van der Waals surface area (Å²) in [6.45, 7) is 10.2. The number of hydrogen-bond acceptors (Lipinski definition) is 3. The molecule has 2 aromatic carbocycles. The second kappa shape index (κ2) is 6.15. The molecule has 3 heteroatoms. The van der Waals surface area contributed by atoms with Crippen LogP contribution in [0.4, 0.5) is 0 Å². The minimum Gasteiger partial charge on any atom is -0.507 e. The van der Waals surface area contributed by atoms with Crippen LogP contribution < -0.4 is 0 Å². The summed E-state index contributed by atoms with van der Waals surface area (Å²) in [4.78, 5) is 0.